The molecule has 10 nitrogen and oxygen atoms in total. The second-order valence-electron chi connectivity index (χ2n) is 12.8. The quantitative estimate of drug-likeness (QED) is 0.305. The Hall–Kier alpha value is -2.79. The van der Waals surface area contributed by atoms with Gasteiger partial charge in [-0.3, -0.25) is 19.2 Å². The van der Waals surface area contributed by atoms with Gasteiger partial charge in [-0.25, -0.2) is 13.6 Å². The van der Waals surface area contributed by atoms with Crippen LogP contribution in [0.4, 0.5) is 13.6 Å². The second kappa shape index (κ2) is 11.8. The summed E-state index contributed by atoms with van der Waals surface area (Å²) in [5.41, 5.74) is -1.13. The van der Waals surface area contributed by atoms with E-state index in [2.05, 4.69) is 16.0 Å². The lowest BCUT2D eigenvalue weighted by Crippen LogP contribution is -2.59. The molecule has 2 saturated carbocycles. The van der Waals surface area contributed by atoms with E-state index in [1.165, 1.54) is 4.90 Å². The van der Waals surface area contributed by atoms with Crippen molar-refractivity contribution in [2.75, 3.05) is 6.54 Å². The van der Waals surface area contributed by atoms with Gasteiger partial charge in [0.15, 0.2) is 0 Å². The number of likely N-dealkylation sites (tertiary alicyclic amines) is 1. The minimum atomic E-state index is -3.11. The summed E-state index contributed by atoms with van der Waals surface area (Å²) in [5.74, 6) is -6.29. The molecular weight excluding hydrogens is 514 g/mol. The Kier molecular flexibility index (Phi) is 9.27. The summed E-state index contributed by atoms with van der Waals surface area (Å²) in [4.78, 5) is 65.7. The molecule has 4 amide bonds. The van der Waals surface area contributed by atoms with E-state index in [1.54, 1.807) is 20.8 Å². The van der Waals surface area contributed by atoms with Gasteiger partial charge in [0.05, 0.1) is 6.04 Å². The van der Waals surface area contributed by atoms with Gasteiger partial charge in [0.1, 0.15) is 12.1 Å². The molecule has 39 heavy (non-hydrogen) atoms. The average Bonchev–Trinajstić information content (AvgIpc) is 3.57. The molecule has 4 N–H and O–H groups in total. The summed E-state index contributed by atoms with van der Waals surface area (Å²) in [6.07, 6.45) is 3.72. The molecule has 3 aliphatic rings. The topological polar surface area (TPSA) is 145 Å². The third-order valence-electron chi connectivity index (χ3n) is 8.03. The Labute approximate surface area is 228 Å². The number of hydrogen-bond acceptors (Lipinski definition) is 5. The van der Waals surface area contributed by atoms with Crippen molar-refractivity contribution in [3.63, 3.8) is 0 Å². The van der Waals surface area contributed by atoms with Crippen LogP contribution in [0.15, 0.2) is 0 Å². The number of carbonyl (C=O) groups excluding carboxylic acids is 4. The number of rotatable bonds is 10. The number of halogens is 2. The van der Waals surface area contributed by atoms with E-state index >= 15 is 0 Å². The molecule has 12 heteroatoms. The van der Waals surface area contributed by atoms with Crippen molar-refractivity contribution in [2.24, 2.45) is 10.8 Å². The third kappa shape index (κ3) is 8.35. The first-order chi connectivity index (χ1) is 18.0. The molecule has 0 unspecified atom stereocenters. The zero-order chi connectivity index (χ0) is 29.2. The third-order valence-corrected chi connectivity index (χ3v) is 8.03. The Bertz CT molecular complexity index is 966. The first-order valence-corrected chi connectivity index (χ1v) is 13.8. The number of ketones is 1. The fourth-order valence-corrected chi connectivity index (χ4v) is 5.70. The summed E-state index contributed by atoms with van der Waals surface area (Å²) in [6.45, 7) is 6.10. The van der Waals surface area contributed by atoms with Crippen molar-refractivity contribution < 1.29 is 37.9 Å². The number of nitrogens with zero attached hydrogens (tertiary/aromatic N) is 1. The normalized spacial score (nSPS) is 22.6. The van der Waals surface area contributed by atoms with Gasteiger partial charge in [0, 0.05) is 19.0 Å². The molecule has 220 valence electrons. The highest BCUT2D eigenvalue weighted by molar-refractivity contribution is 6.38. The zero-order valence-corrected chi connectivity index (χ0v) is 23.3. The average molecular weight is 557 g/mol. The minimum Gasteiger partial charge on any atom is -0.465 e. The van der Waals surface area contributed by atoms with E-state index in [-0.39, 0.29) is 18.0 Å². The molecule has 3 atom stereocenters. The van der Waals surface area contributed by atoms with Crippen molar-refractivity contribution in [1.29, 1.82) is 0 Å². The molecule has 0 aromatic carbocycles. The number of alkyl halides is 2. The van der Waals surface area contributed by atoms with E-state index in [0.29, 0.717) is 13.3 Å². The highest BCUT2D eigenvalue weighted by Crippen LogP contribution is 2.47. The van der Waals surface area contributed by atoms with Crippen LogP contribution in [0.3, 0.4) is 0 Å². The van der Waals surface area contributed by atoms with Gasteiger partial charge >= 0.3 is 6.09 Å². The van der Waals surface area contributed by atoms with E-state index in [0.717, 1.165) is 44.9 Å². The zero-order valence-electron chi connectivity index (χ0n) is 23.3. The highest BCUT2D eigenvalue weighted by Gasteiger charge is 2.51. The lowest BCUT2D eigenvalue weighted by Gasteiger charge is -2.36. The number of carboxylic acid groups (broad SMARTS) is 1. The summed E-state index contributed by atoms with van der Waals surface area (Å²) >= 11 is 0. The fraction of sp³-hybridized carbons (Fsp3) is 0.815. The van der Waals surface area contributed by atoms with Crippen LogP contribution >= 0.6 is 0 Å². The van der Waals surface area contributed by atoms with Gasteiger partial charge in [0.2, 0.25) is 23.5 Å². The Morgan fingerprint density at radius 2 is 1.62 bits per heavy atom. The van der Waals surface area contributed by atoms with Crippen molar-refractivity contribution in [3.05, 3.63) is 0 Å². The summed E-state index contributed by atoms with van der Waals surface area (Å²) in [5, 5.41) is 16.7. The van der Waals surface area contributed by atoms with Crippen molar-refractivity contribution in [2.45, 2.75) is 122 Å². The Balaban J connectivity index is 1.86. The van der Waals surface area contributed by atoms with Gasteiger partial charge < -0.3 is 26.0 Å². The van der Waals surface area contributed by atoms with Crippen LogP contribution in [0, 0.1) is 10.8 Å². The summed E-state index contributed by atoms with van der Waals surface area (Å²) in [7, 11) is 0. The molecule has 0 aromatic heterocycles. The summed E-state index contributed by atoms with van der Waals surface area (Å²) < 4.78 is 27.4. The van der Waals surface area contributed by atoms with Gasteiger partial charge in [-0.1, -0.05) is 40.0 Å². The molecule has 1 spiro atoms. The summed E-state index contributed by atoms with van der Waals surface area (Å²) in [6, 6.07) is -3.77. The van der Waals surface area contributed by atoms with Crippen LogP contribution < -0.4 is 16.0 Å². The number of hydrogen-bond donors (Lipinski definition) is 4. The smallest absolute Gasteiger partial charge is 0.405 e. The lowest BCUT2D eigenvalue weighted by molar-refractivity contribution is -0.144. The fourth-order valence-electron chi connectivity index (χ4n) is 5.70. The first kappa shape index (κ1) is 30.7. The lowest BCUT2D eigenvalue weighted by atomic mass is 9.72. The van der Waals surface area contributed by atoms with E-state index < -0.39 is 71.9 Å². The van der Waals surface area contributed by atoms with Gasteiger partial charge in [-0.05, 0) is 56.3 Å². The number of amides is 4. The van der Waals surface area contributed by atoms with Crippen molar-refractivity contribution in [1.82, 2.24) is 20.9 Å². The molecule has 0 radical (unpaired) electrons. The molecule has 1 saturated heterocycles. The second-order valence-corrected chi connectivity index (χ2v) is 12.8. The molecule has 3 rings (SSSR count). The largest absolute Gasteiger partial charge is 0.465 e. The molecule has 2 aliphatic carbocycles. The predicted octanol–water partition coefficient (Wildman–Crippen LogP) is 2.99. The molecule has 3 fully saturated rings. The van der Waals surface area contributed by atoms with E-state index in [1.807, 2.05) is 0 Å². The molecule has 1 heterocycles. The van der Waals surface area contributed by atoms with Crippen LogP contribution in [0.2, 0.25) is 0 Å². The maximum absolute atomic E-state index is 13.8. The monoisotopic (exact) mass is 556 g/mol. The maximum Gasteiger partial charge on any atom is 0.405 e. The van der Waals surface area contributed by atoms with E-state index in [9.17, 15) is 37.9 Å². The molecular formula is C27H42F2N4O6. The number of Topliss-reactive ketones (excluding diaryl/α,β-unsaturated/α-hetero) is 1. The van der Waals surface area contributed by atoms with Gasteiger partial charge in [-0.15, -0.1) is 0 Å². The van der Waals surface area contributed by atoms with Gasteiger partial charge in [0.25, 0.3) is 5.91 Å². The van der Waals surface area contributed by atoms with Crippen LogP contribution in [-0.2, 0) is 19.2 Å². The number of nitrogens with one attached hydrogen (secondary N) is 3. The molecule has 1 aliphatic heterocycles. The predicted molar refractivity (Wildman–Crippen MR) is 138 cm³/mol. The van der Waals surface area contributed by atoms with Crippen molar-refractivity contribution >= 4 is 29.6 Å². The highest BCUT2D eigenvalue weighted by atomic mass is 19.3. The van der Waals surface area contributed by atoms with Crippen LogP contribution in [-0.4, -0.2) is 76.2 Å². The number of carbonyl (C=O) groups is 5. The maximum atomic E-state index is 13.8. The molecule has 0 aromatic rings. The van der Waals surface area contributed by atoms with Crippen molar-refractivity contribution in [3.8, 4) is 0 Å². The van der Waals surface area contributed by atoms with E-state index in [4.69, 9.17) is 0 Å². The Morgan fingerprint density at radius 1 is 1.00 bits per heavy atom. The van der Waals surface area contributed by atoms with Gasteiger partial charge in [-0.2, -0.15) is 0 Å². The molecule has 0 bridgehead atoms. The standard InChI is InChI=1S/C27H42F2N4O6/c1-25(2,3)20(32-24(38)39)23(37)33-15-27(11-6-5-7-12-27)14-18(33)21(35)31-17(10-13-26(4,28)29)19(34)22(36)30-16-8-9-16/h16-18,20,32H,5-15H2,1-4H3,(H,30,36)(H,31,35)(H,38,39)/t17-,18-,20+/m0/s1. The SMILES string of the molecule is CC(F)(F)CC[C@H](NC(=O)[C@@H]1CC2(CCCCC2)CN1C(=O)[C@@H](NC(=O)O)C(C)(C)C)C(=O)C(=O)NC1CC1. The van der Waals surface area contributed by atoms with Crippen LogP contribution in [0.25, 0.3) is 0 Å². The first-order valence-electron chi connectivity index (χ1n) is 13.8. The van der Waals surface area contributed by atoms with Crippen LogP contribution in [0.5, 0.6) is 0 Å². The minimum absolute atomic E-state index is 0.129. The Morgan fingerprint density at radius 3 is 2.13 bits per heavy atom. The van der Waals surface area contributed by atoms with Crippen LogP contribution in [0.1, 0.15) is 91.9 Å².